The third kappa shape index (κ3) is 3.09. The predicted molar refractivity (Wildman–Crippen MR) is 66.6 cm³/mol. The number of urea groups is 1. The smallest absolute Gasteiger partial charge is 0.338 e. The quantitative estimate of drug-likeness (QED) is 0.814. The van der Waals surface area contributed by atoms with E-state index in [0.717, 1.165) is 10.5 Å². The van der Waals surface area contributed by atoms with Crippen LogP contribution in [0.1, 0.15) is 15.9 Å². The van der Waals surface area contributed by atoms with Crippen LogP contribution in [-0.2, 0) is 9.53 Å². The summed E-state index contributed by atoms with van der Waals surface area (Å²) in [4.78, 5) is 35.6. The van der Waals surface area contributed by atoms with Crippen LogP contribution in [0.3, 0.4) is 0 Å². The molecule has 1 aliphatic heterocycles. The van der Waals surface area contributed by atoms with E-state index >= 15 is 0 Å². The summed E-state index contributed by atoms with van der Waals surface area (Å²) in [6.07, 6.45) is 0. The molecule has 0 atom stereocenters. The Bertz CT molecular complexity index is 527. The van der Waals surface area contributed by atoms with Crippen LogP contribution in [0, 0.1) is 6.92 Å². The van der Waals surface area contributed by atoms with Gasteiger partial charge in [0.05, 0.1) is 5.56 Å². The van der Waals surface area contributed by atoms with Crippen LogP contribution in [0.25, 0.3) is 0 Å². The summed E-state index contributed by atoms with van der Waals surface area (Å²) in [6, 6.07) is 6.44. The molecule has 100 valence electrons. The molecular formula is C13H14N2O4. The third-order valence-corrected chi connectivity index (χ3v) is 2.74. The highest BCUT2D eigenvalue weighted by molar-refractivity contribution is 5.98. The summed E-state index contributed by atoms with van der Waals surface area (Å²) < 4.78 is 4.90. The van der Waals surface area contributed by atoms with Crippen molar-refractivity contribution in [2.24, 2.45) is 0 Å². The number of imide groups is 1. The number of rotatable bonds is 3. The van der Waals surface area contributed by atoms with Crippen molar-refractivity contribution in [3.8, 4) is 0 Å². The Hall–Kier alpha value is -2.37. The van der Waals surface area contributed by atoms with E-state index in [1.165, 1.54) is 0 Å². The van der Waals surface area contributed by atoms with Crippen molar-refractivity contribution in [3.05, 3.63) is 35.4 Å². The van der Waals surface area contributed by atoms with E-state index in [9.17, 15) is 14.4 Å². The number of carbonyl (C=O) groups excluding carboxylic acids is 3. The van der Waals surface area contributed by atoms with E-state index in [2.05, 4.69) is 5.32 Å². The van der Waals surface area contributed by atoms with Crippen molar-refractivity contribution in [1.82, 2.24) is 10.2 Å². The van der Waals surface area contributed by atoms with Gasteiger partial charge in [-0.15, -0.1) is 0 Å². The molecule has 1 heterocycles. The lowest BCUT2D eigenvalue weighted by Gasteiger charge is -2.12. The van der Waals surface area contributed by atoms with Gasteiger partial charge in [-0.05, 0) is 19.1 Å². The largest absolute Gasteiger partial charge is 0.452 e. The van der Waals surface area contributed by atoms with Gasteiger partial charge in [0.25, 0.3) is 5.91 Å². The van der Waals surface area contributed by atoms with Crippen LogP contribution in [0.15, 0.2) is 24.3 Å². The molecule has 0 bridgehead atoms. The molecule has 1 aromatic rings. The molecule has 1 aliphatic rings. The number of amides is 3. The number of nitrogens with zero attached hydrogens (tertiary/aromatic N) is 1. The minimum Gasteiger partial charge on any atom is -0.452 e. The van der Waals surface area contributed by atoms with Crippen molar-refractivity contribution in [1.29, 1.82) is 0 Å². The minimum atomic E-state index is -0.573. The molecule has 6 heteroatoms. The first-order valence-corrected chi connectivity index (χ1v) is 5.90. The van der Waals surface area contributed by atoms with E-state index in [1.54, 1.807) is 18.2 Å². The van der Waals surface area contributed by atoms with Crippen LogP contribution in [0.2, 0.25) is 0 Å². The third-order valence-electron chi connectivity index (χ3n) is 2.74. The van der Waals surface area contributed by atoms with Crippen molar-refractivity contribution in [2.75, 3.05) is 19.7 Å². The Morgan fingerprint density at radius 1 is 1.42 bits per heavy atom. The monoisotopic (exact) mass is 262 g/mol. The SMILES string of the molecule is Cc1cccc(C(=O)OCC(=O)N2CCNC2=O)c1. The van der Waals surface area contributed by atoms with Gasteiger partial charge in [0, 0.05) is 13.1 Å². The molecular weight excluding hydrogens is 248 g/mol. The maximum Gasteiger partial charge on any atom is 0.338 e. The molecule has 0 radical (unpaired) electrons. The Kier molecular flexibility index (Phi) is 3.79. The van der Waals surface area contributed by atoms with Crippen molar-refractivity contribution in [2.45, 2.75) is 6.92 Å². The van der Waals surface area contributed by atoms with E-state index < -0.39 is 24.5 Å². The summed E-state index contributed by atoms with van der Waals surface area (Å²) in [5, 5.41) is 2.50. The molecule has 6 nitrogen and oxygen atoms in total. The lowest BCUT2D eigenvalue weighted by Crippen LogP contribution is -2.37. The molecule has 3 amide bonds. The minimum absolute atomic E-state index is 0.305. The van der Waals surface area contributed by atoms with Crippen LogP contribution >= 0.6 is 0 Å². The summed E-state index contributed by atoms with van der Waals surface area (Å²) in [6.45, 7) is 2.16. The lowest BCUT2D eigenvalue weighted by atomic mass is 10.1. The predicted octanol–water partition coefficient (Wildman–Crippen LogP) is 0.704. The maximum absolute atomic E-state index is 11.7. The van der Waals surface area contributed by atoms with Crippen molar-refractivity contribution < 1.29 is 19.1 Å². The van der Waals surface area contributed by atoms with Crippen LogP contribution in [0.4, 0.5) is 4.79 Å². The number of ether oxygens (including phenoxy) is 1. The molecule has 0 saturated carbocycles. The van der Waals surface area contributed by atoms with E-state index in [-0.39, 0.29) is 0 Å². The molecule has 1 N–H and O–H groups in total. The molecule has 0 aromatic heterocycles. The Labute approximate surface area is 110 Å². The summed E-state index contributed by atoms with van der Waals surface area (Å²) in [7, 11) is 0. The van der Waals surface area contributed by atoms with Gasteiger partial charge in [-0.25, -0.2) is 9.59 Å². The van der Waals surface area contributed by atoms with Gasteiger partial charge in [-0.1, -0.05) is 17.7 Å². The Morgan fingerprint density at radius 3 is 2.84 bits per heavy atom. The normalized spacial score (nSPS) is 14.2. The van der Waals surface area contributed by atoms with Gasteiger partial charge in [0.15, 0.2) is 6.61 Å². The zero-order chi connectivity index (χ0) is 13.8. The molecule has 0 spiro atoms. The number of nitrogens with one attached hydrogen (secondary N) is 1. The first kappa shape index (κ1) is 13.1. The summed E-state index contributed by atoms with van der Waals surface area (Å²) >= 11 is 0. The first-order valence-electron chi connectivity index (χ1n) is 5.90. The fourth-order valence-corrected chi connectivity index (χ4v) is 1.77. The summed E-state index contributed by atoms with van der Waals surface area (Å²) in [5.41, 5.74) is 1.32. The fourth-order valence-electron chi connectivity index (χ4n) is 1.77. The van der Waals surface area contributed by atoms with Gasteiger partial charge in [0.1, 0.15) is 0 Å². The summed E-state index contributed by atoms with van der Waals surface area (Å²) in [5.74, 6) is -1.09. The molecule has 19 heavy (non-hydrogen) atoms. The maximum atomic E-state index is 11.7. The number of carbonyl (C=O) groups is 3. The van der Waals surface area contributed by atoms with Gasteiger partial charge >= 0.3 is 12.0 Å². The molecule has 0 unspecified atom stereocenters. The van der Waals surface area contributed by atoms with Crippen LogP contribution in [0.5, 0.6) is 0 Å². The van der Waals surface area contributed by atoms with Gasteiger partial charge in [0.2, 0.25) is 0 Å². The topological polar surface area (TPSA) is 75.7 Å². The van der Waals surface area contributed by atoms with Crippen LogP contribution < -0.4 is 5.32 Å². The van der Waals surface area contributed by atoms with E-state index in [1.807, 2.05) is 13.0 Å². The highest BCUT2D eigenvalue weighted by atomic mass is 16.5. The van der Waals surface area contributed by atoms with E-state index in [4.69, 9.17) is 4.74 Å². The molecule has 1 aromatic carbocycles. The van der Waals surface area contributed by atoms with Crippen molar-refractivity contribution >= 4 is 17.9 Å². The molecule has 1 saturated heterocycles. The van der Waals surface area contributed by atoms with Gasteiger partial charge < -0.3 is 10.1 Å². The number of aryl methyl sites for hydroxylation is 1. The number of benzene rings is 1. The Morgan fingerprint density at radius 2 is 2.21 bits per heavy atom. The van der Waals surface area contributed by atoms with Crippen LogP contribution in [-0.4, -0.2) is 42.5 Å². The number of hydrogen-bond donors (Lipinski definition) is 1. The van der Waals surface area contributed by atoms with Crippen molar-refractivity contribution in [3.63, 3.8) is 0 Å². The molecule has 1 fully saturated rings. The standard InChI is InChI=1S/C13H14N2O4/c1-9-3-2-4-10(7-9)12(17)19-8-11(16)15-6-5-14-13(15)18/h2-4,7H,5-6,8H2,1H3,(H,14,18). The molecule has 0 aliphatic carbocycles. The molecule has 2 rings (SSSR count). The average molecular weight is 262 g/mol. The second kappa shape index (κ2) is 5.51. The highest BCUT2D eigenvalue weighted by Crippen LogP contribution is 2.06. The van der Waals surface area contributed by atoms with Gasteiger partial charge in [-0.2, -0.15) is 0 Å². The van der Waals surface area contributed by atoms with Gasteiger partial charge in [-0.3, -0.25) is 9.69 Å². The second-order valence-corrected chi connectivity index (χ2v) is 4.22. The Balaban J connectivity index is 1.90. The number of esters is 1. The first-order chi connectivity index (χ1) is 9.08. The highest BCUT2D eigenvalue weighted by Gasteiger charge is 2.26. The lowest BCUT2D eigenvalue weighted by molar-refractivity contribution is -0.130. The second-order valence-electron chi connectivity index (χ2n) is 4.22. The zero-order valence-corrected chi connectivity index (χ0v) is 10.5. The fraction of sp³-hybridized carbons (Fsp3) is 0.308. The average Bonchev–Trinajstić information content (AvgIpc) is 2.82. The number of hydrogen-bond acceptors (Lipinski definition) is 4. The van der Waals surface area contributed by atoms with E-state index in [0.29, 0.717) is 18.7 Å². The zero-order valence-electron chi connectivity index (χ0n) is 10.5.